The maximum Gasteiger partial charge on any atom is 0.326 e. The number of nitrogens with one attached hydrogen (secondary N) is 4. The Morgan fingerprint density at radius 3 is 2.46 bits per heavy atom. The van der Waals surface area contributed by atoms with Crippen LogP contribution < -0.4 is 21.3 Å². The van der Waals surface area contributed by atoms with Crippen LogP contribution in [0.15, 0.2) is 12.2 Å². The first-order valence-electron chi connectivity index (χ1n) is 13.9. The monoisotopic (exact) mass is 612 g/mol. The van der Waals surface area contributed by atoms with Crippen LogP contribution in [0.25, 0.3) is 0 Å². The second kappa shape index (κ2) is 15.5. The molecule has 0 aromatic carbocycles. The van der Waals surface area contributed by atoms with E-state index in [1.54, 1.807) is 32.9 Å². The van der Waals surface area contributed by atoms with Gasteiger partial charge in [0.25, 0.3) is 0 Å². The SMILES string of the molecule is CC(C)(C)OC(=O)CC[C@H]1NC(=O)C[C@H]2/C=C/CCSSC[C@@H](NC1=O)C(=O)NC(C1CCC1)C(=O)NCC(=O)O2. The summed E-state index contributed by atoms with van der Waals surface area (Å²) >= 11 is 0. The molecule has 0 radical (unpaired) electrons. The molecule has 0 aromatic rings. The molecule has 2 fully saturated rings. The predicted octanol–water partition coefficient (Wildman–Crippen LogP) is 1.14. The Hall–Kier alpha value is -2.74. The fraction of sp³-hybridized carbons (Fsp3) is 0.704. The number of hydrogen-bond donors (Lipinski definition) is 4. The third kappa shape index (κ3) is 11.2. The summed E-state index contributed by atoms with van der Waals surface area (Å²) in [5.74, 6) is -2.77. The van der Waals surface area contributed by atoms with Gasteiger partial charge in [-0.2, -0.15) is 0 Å². The summed E-state index contributed by atoms with van der Waals surface area (Å²) in [6, 6.07) is -3.04. The predicted molar refractivity (Wildman–Crippen MR) is 154 cm³/mol. The highest BCUT2D eigenvalue weighted by molar-refractivity contribution is 8.76. The number of amides is 4. The normalized spacial score (nSPS) is 28.5. The minimum absolute atomic E-state index is 0.0733. The average molecular weight is 613 g/mol. The summed E-state index contributed by atoms with van der Waals surface area (Å²) in [7, 11) is 2.90. The first-order chi connectivity index (χ1) is 19.4. The topological polar surface area (TPSA) is 169 Å². The summed E-state index contributed by atoms with van der Waals surface area (Å²) in [5.41, 5.74) is -0.722. The third-order valence-electron chi connectivity index (χ3n) is 6.66. The molecule has 0 spiro atoms. The van der Waals surface area contributed by atoms with Crippen molar-refractivity contribution in [1.29, 1.82) is 0 Å². The van der Waals surface area contributed by atoms with E-state index in [1.165, 1.54) is 21.6 Å². The zero-order valence-electron chi connectivity index (χ0n) is 23.7. The molecule has 3 aliphatic rings. The highest BCUT2D eigenvalue weighted by Crippen LogP contribution is 2.30. The summed E-state index contributed by atoms with van der Waals surface area (Å²) in [6.07, 6.45) is 5.02. The molecule has 228 valence electrons. The molecule has 1 aliphatic carbocycles. The van der Waals surface area contributed by atoms with Crippen molar-refractivity contribution in [3.63, 3.8) is 0 Å². The number of carbonyl (C=O) groups excluding carboxylic acids is 6. The van der Waals surface area contributed by atoms with Crippen LogP contribution in [0.4, 0.5) is 0 Å². The fourth-order valence-electron chi connectivity index (χ4n) is 4.41. The summed E-state index contributed by atoms with van der Waals surface area (Å²) in [5, 5.41) is 10.7. The van der Waals surface area contributed by atoms with Crippen LogP contribution in [0.1, 0.15) is 65.7 Å². The van der Waals surface area contributed by atoms with E-state index in [9.17, 15) is 28.8 Å². The molecular formula is C27H40N4O8S2. The molecule has 1 saturated heterocycles. The minimum Gasteiger partial charge on any atom is -0.460 e. The lowest BCUT2D eigenvalue weighted by atomic mass is 9.79. The van der Waals surface area contributed by atoms with Crippen molar-refractivity contribution in [1.82, 2.24) is 21.3 Å². The standard InChI is InChI=1S/C27H40N4O8S2/c1-27(2,3)39-21(33)11-10-18-24(35)30-19-15-41-40-12-5-4-9-17(13-20(32)29-18)38-22(34)14-28-26(37)23(31-25(19)36)16-7-6-8-16/h4,9,16-19,23H,5-8,10-15H2,1-3H3,(H,28,37)(H,29,32)(H,30,35)(H,31,36)/b9-4+/t17-,18-,19-,23?/m1/s1. The molecule has 14 heteroatoms. The van der Waals surface area contributed by atoms with E-state index in [-0.39, 0.29) is 30.9 Å². The molecule has 1 saturated carbocycles. The fourth-order valence-corrected chi connectivity index (χ4v) is 6.56. The van der Waals surface area contributed by atoms with Crippen molar-refractivity contribution in [3.8, 4) is 0 Å². The molecular weight excluding hydrogens is 572 g/mol. The molecule has 1 unspecified atom stereocenters. The lowest BCUT2D eigenvalue weighted by Gasteiger charge is -2.34. The van der Waals surface area contributed by atoms with Gasteiger partial charge in [0.2, 0.25) is 23.6 Å². The third-order valence-corrected chi connectivity index (χ3v) is 9.10. The highest BCUT2D eigenvalue weighted by atomic mass is 33.1. The van der Waals surface area contributed by atoms with Crippen molar-refractivity contribution in [2.75, 3.05) is 18.1 Å². The van der Waals surface area contributed by atoms with Gasteiger partial charge in [-0.3, -0.25) is 28.8 Å². The van der Waals surface area contributed by atoms with E-state index in [0.717, 1.165) is 19.3 Å². The van der Waals surface area contributed by atoms with Crippen molar-refractivity contribution in [3.05, 3.63) is 12.2 Å². The Balaban J connectivity index is 1.91. The van der Waals surface area contributed by atoms with Gasteiger partial charge in [-0.15, -0.1) is 0 Å². The molecule has 2 heterocycles. The number of hydrogen-bond acceptors (Lipinski definition) is 10. The van der Waals surface area contributed by atoms with Crippen LogP contribution in [0.2, 0.25) is 0 Å². The molecule has 4 N–H and O–H groups in total. The van der Waals surface area contributed by atoms with Crippen molar-refractivity contribution < 1.29 is 38.2 Å². The average Bonchev–Trinajstić information content (AvgIpc) is 2.84. The van der Waals surface area contributed by atoms with Crippen molar-refractivity contribution in [2.24, 2.45) is 5.92 Å². The summed E-state index contributed by atoms with van der Waals surface area (Å²) < 4.78 is 10.8. The Kier molecular flexibility index (Phi) is 12.4. The first-order valence-corrected chi connectivity index (χ1v) is 16.4. The maximum atomic E-state index is 13.4. The zero-order valence-corrected chi connectivity index (χ0v) is 25.3. The van der Waals surface area contributed by atoms with Crippen molar-refractivity contribution >= 4 is 57.2 Å². The van der Waals surface area contributed by atoms with E-state index in [1.807, 2.05) is 0 Å². The largest absolute Gasteiger partial charge is 0.460 e. The lowest BCUT2D eigenvalue weighted by Crippen LogP contribution is -2.60. The van der Waals surface area contributed by atoms with E-state index in [0.29, 0.717) is 12.2 Å². The smallest absolute Gasteiger partial charge is 0.326 e. The van der Waals surface area contributed by atoms with E-state index < -0.39 is 71.9 Å². The molecule has 2 bridgehead atoms. The van der Waals surface area contributed by atoms with Gasteiger partial charge in [-0.25, -0.2) is 0 Å². The molecule has 4 atom stereocenters. The van der Waals surface area contributed by atoms with Crippen LogP contribution in [0.3, 0.4) is 0 Å². The summed E-state index contributed by atoms with van der Waals surface area (Å²) in [4.78, 5) is 77.9. The zero-order chi connectivity index (χ0) is 30.0. The number of carbonyl (C=O) groups is 6. The maximum absolute atomic E-state index is 13.4. The highest BCUT2D eigenvalue weighted by Gasteiger charge is 2.37. The van der Waals surface area contributed by atoms with Gasteiger partial charge in [0.1, 0.15) is 36.4 Å². The van der Waals surface area contributed by atoms with Crippen LogP contribution in [-0.4, -0.2) is 83.4 Å². The van der Waals surface area contributed by atoms with Crippen molar-refractivity contribution in [2.45, 2.75) is 95.5 Å². The Morgan fingerprint density at radius 1 is 1.02 bits per heavy atom. The molecule has 12 nitrogen and oxygen atoms in total. The first kappa shape index (κ1) is 32.8. The van der Waals surface area contributed by atoms with Crippen LogP contribution in [0, 0.1) is 5.92 Å². The van der Waals surface area contributed by atoms with Crippen LogP contribution in [0.5, 0.6) is 0 Å². The summed E-state index contributed by atoms with van der Waals surface area (Å²) in [6.45, 7) is 4.75. The van der Waals surface area contributed by atoms with Gasteiger partial charge in [-0.05, 0) is 58.4 Å². The van der Waals surface area contributed by atoms with Gasteiger partial charge in [-0.1, -0.05) is 34.1 Å². The lowest BCUT2D eigenvalue weighted by molar-refractivity contribution is -0.155. The van der Waals surface area contributed by atoms with Gasteiger partial charge < -0.3 is 30.7 Å². The number of rotatable bonds is 4. The molecule has 0 aromatic heterocycles. The Morgan fingerprint density at radius 2 is 1.78 bits per heavy atom. The van der Waals surface area contributed by atoms with Crippen LogP contribution >= 0.6 is 21.6 Å². The van der Waals surface area contributed by atoms with Gasteiger partial charge >= 0.3 is 11.9 Å². The quantitative estimate of drug-likeness (QED) is 0.205. The molecule has 2 aliphatic heterocycles. The van der Waals surface area contributed by atoms with Crippen LogP contribution in [-0.2, 0) is 38.2 Å². The van der Waals surface area contributed by atoms with Gasteiger partial charge in [0, 0.05) is 17.9 Å². The van der Waals surface area contributed by atoms with E-state index in [4.69, 9.17) is 9.47 Å². The van der Waals surface area contributed by atoms with E-state index >= 15 is 0 Å². The molecule has 4 amide bonds. The minimum atomic E-state index is -1.16. The molecule has 3 rings (SSSR count). The van der Waals surface area contributed by atoms with Gasteiger partial charge in [0.05, 0.1) is 6.42 Å². The van der Waals surface area contributed by atoms with E-state index in [2.05, 4.69) is 21.3 Å². The number of esters is 2. The molecule has 41 heavy (non-hydrogen) atoms. The van der Waals surface area contributed by atoms with Gasteiger partial charge in [0.15, 0.2) is 0 Å². The Bertz CT molecular complexity index is 1030. The Labute approximate surface area is 248 Å². The number of ether oxygens (including phenoxy) is 2. The number of allylic oxidation sites excluding steroid dienone is 1. The second-order valence-corrected chi connectivity index (χ2v) is 13.9. The second-order valence-electron chi connectivity index (χ2n) is 11.3. The number of fused-ring (bicyclic) bond motifs is 7.